The van der Waals surface area contributed by atoms with Gasteiger partial charge in [-0.3, -0.25) is 4.90 Å². The van der Waals surface area contributed by atoms with Crippen molar-refractivity contribution in [1.29, 1.82) is 0 Å². The molecule has 4 heteroatoms. The molecule has 4 nitrogen and oxygen atoms in total. The summed E-state index contributed by atoms with van der Waals surface area (Å²) < 4.78 is 11.6. The first-order chi connectivity index (χ1) is 9.83. The van der Waals surface area contributed by atoms with Crippen LogP contribution in [0.3, 0.4) is 0 Å². The van der Waals surface area contributed by atoms with Crippen LogP contribution in [-0.4, -0.2) is 36.2 Å². The van der Waals surface area contributed by atoms with E-state index in [0.29, 0.717) is 6.10 Å². The number of furan rings is 1. The molecule has 1 aromatic heterocycles. The number of ether oxygens (including phenoxy) is 1. The van der Waals surface area contributed by atoms with Crippen molar-refractivity contribution >= 4 is 0 Å². The molecule has 1 N–H and O–H groups in total. The maximum Gasteiger partial charge on any atom is 0.118 e. The van der Waals surface area contributed by atoms with Gasteiger partial charge in [-0.25, -0.2) is 0 Å². The van der Waals surface area contributed by atoms with E-state index in [4.69, 9.17) is 9.15 Å². The summed E-state index contributed by atoms with van der Waals surface area (Å²) in [4.78, 5) is 2.47. The second-order valence-electron chi connectivity index (χ2n) is 7.17. The molecule has 1 unspecified atom stereocenters. The fraction of sp³-hybridized carbons (Fsp3) is 0.765. The van der Waals surface area contributed by atoms with E-state index in [1.165, 1.54) is 5.56 Å². The average Bonchev–Trinajstić information content (AvgIpc) is 2.58. The molecule has 0 radical (unpaired) electrons. The van der Waals surface area contributed by atoms with Gasteiger partial charge in [-0.15, -0.1) is 0 Å². The summed E-state index contributed by atoms with van der Waals surface area (Å²) in [5, 5.41) is 3.47. The predicted octanol–water partition coefficient (Wildman–Crippen LogP) is 3.09. The van der Waals surface area contributed by atoms with Crippen molar-refractivity contribution in [1.82, 2.24) is 10.2 Å². The topological polar surface area (TPSA) is 37.6 Å². The van der Waals surface area contributed by atoms with E-state index in [1.807, 2.05) is 0 Å². The highest BCUT2D eigenvalue weighted by Gasteiger charge is 2.18. The van der Waals surface area contributed by atoms with Crippen LogP contribution in [0.4, 0.5) is 0 Å². The fourth-order valence-electron chi connectivity index (χ4n) is 2.65. The summed E-state index contributed by atoms with van der Waals surface area (Å²) in [7, 11) is 0. The maximum atomic E-state index is 5.89. The van der Waals surface area contributed by atoms with Crippen LogP contribution in [0.2, 0.25) is 0 Å². The van der Waals surface area contributed by atoms with Gasteiger partial charge in [0.05, 0.1) is 12.6 Å². The van der Waals surface area contributed by atoms with Gasteiger partial charge in [-0.05, 0) is 47.1 Å². The molecule has 1 aliphatic heterocycles. The highest BCUT2D eigenvalue weighted by molar-refractivity contribution is 5.21. The van der Waals surface area contributed by atoms with E-state index in [-0.39, 0.29) is 5.54 Å². The summed E-state index contributed by atoms with van der Waals surface area (Å²) >= 11 is 0. The zero-order valence-electron chi connectivity index (χ0n) is 14.2. The van der Waals surface area contributed by atoms with E-state index >= 15 is 0 Å². The first-order valence-corrected chi connectivity index (χ1v) is 8.00. The second-order valence-corrected chi connectivity index (χ2v) is 7.17. The molecular formula is C17H30N2O2. The highest BCUT2D eigenvalue weighted by Crippen LogP contribution is 2.19. The lowest BCUT2D eigenvalue weighted by atomic mass is 10.1. The molecule has 0 amide bonds. The lowest BCUT2D eigenvalue weighted by Gasteiger charge is -2.21. The monoisotopic (exact) mass is 294 g/mol. The van der Waals surface area contributed by atoms with E-state index in [9.17, 15) is 0 Å². The average molecular weight is 294 g/mol. The molecule has 1 atom stereocenters. The molecule has 1 fully saturated rings. The van der Waals surface area contributed by atoms with E-state index in [1.54, 1.807) is 0 Å². The van der Waals surface area contributed by atoms with Crippen molar-refractivity contribution in [3.05, 3.63) is 23.2 Å². The molecule has 2 rings (SSSR count). The van der Waals surface area contributed by atoms with Crippen molar-refractivity contribution in [3.8, 4) is 0 Å². The van der Waals surface area contributed by atoms with Crippen molar-refractivity contribution in [2.75, 3.05) is 19.7 Å². The number of aryl methyl sites for hydroxylation is 1. The van der Waals surface area contributed by atoms with Crippen LogP contribution in [0, 0.1) is 6.92 Å². The molecule has 0 spiro atoms. The Bertz CT molecular complexity index is 448. The van der Waals surface area contributed by atoms with Crippen LogP contribution in [0.1, 0.15) is 51.2 Å². The largest absolute Gasteiger partial charge is 0.465 e. The third kappa shape index (κ3) is 5.46. The van der Waals surface area contributed by atoms with Gasteiger partial charge in [-0.1, -0.05) is 0 Å². The van der Waals surface area contributed by atoms with Crippen molar-refractivity contribution in [3.63, 3.8) is 0 Å². The van der Waals surface area contributed by atoms with Gasteiger partial charge in [0.2, 0.25) is 0 Å². The molecule has 21 heavy (non-hydrogen) atoms. The summed E-state index contributed by atoms with van der Waals surface area (Å²) in [6.45, 7) is 15.4. The maximum absolute atomic E-state index is 5.89. The number of nitrogens with zero attached hydrogens (tertiary/aromatic N) is 1. The van der Waals surface area contributed by atoms with Gasteiger partial charge in [0, 0.05) is 37.3 Å². The van der Waals surface area contributed by atoms with Crippen LogP contribution >= 0.6 is 0 Å². The zero-order chi connectivity index (χ0) is 15.5. The van der Waals surface area contributed by atoms with Crippen molar-refractivity contribution in [2.24, 2.45) is 0 Å². The van der Waals surface area contributed by atoms with Gasteiger partial charge in [0.1, 0.15) is 11.5 Å². The van der Waals surface area contributed by atoms with Gasteiger partial charge >= 0.3 is 0 Å². The first kappa shape index (κ1) is 16.5. The third-order valence-corrected chi connectivity index (χ3v) is 3.79. The first-order valence-electron chi connectivity index (χ1n) is 8.00. The third-order valence-electron chi connectivity index (χ3n) is 3.79. The molecule has 2 heterocycles. The number of hydrogen-bond donors (Lipinski definition) is 1. The molecule has 1 aliphatic rings. The molecule has 0 bridgehead atoms. The van der Waals surface area contributed by atoms with Crippen molar-refractivity contribution < 1.29 is 9.15 Å². The quantitative estimate of drug-likeness (QED) is 0.926. The molecule has 1 aromatic rings. The van der Waals surface area contributed by atoms with Gasteiger partial charge in [-0.2, -0.15) is 0 Å². The Kier molecular flexibility index (Phi) is 5.47. The van der Waals surface area contributed by atoms with Crippen LogP contribution in [-0.2, 0) is 17.8 Å². The van der Waals surface area contributed by atoms with Crippen molar-refractivity contribution in [2.45, 2.75) is 65.8 Å². The van der Waals surface area contributed by atoms with E-state index in [0.717, 1.165) is 50.7 Å². The molecule has 0 aliphatic carbocycles. The Morgan fingerprint density at radius 2 is 2.14 bits per heavy atom. The molecule has 120 valence electrons. The number of hydrogen-bond acceptors (Lipinski definition) is 4. The summed E-state index contributed by atoms with van der Waals surface area (Å²) in [6, 6.07) is 2.20. The Morgan fingerprint density at radius 1 is 1.38 bits per heavy atom. The number of rotatable bonds is 4. The smallest absolute Gasteiger partial charge is 0.118 e. The van der Waals surface area contributed by atoms with Gasteiger partial charge < -0.3 is 14.5 Å². The van der Waals surface area contributed by atoms with Gasteiger partial charge in [0.15, 0.2) is 0 Å². The SMILES string of the molecule is Cc1oc(CNC(C)(C)C)cc1CN1CCCOC(C)C1. The van der Waals surface area contributed by atoms with Crippen LogP contribution < -0.4 is 5.32 Å². The normalized spacial score (nSPS) is 21.5. The second kappa shape index (κ2) is 6.95. The molecule has 0 saturated carbocycles. The minimum atomic E-state index is 0.110. The van der Waals surface area contributed by atoms with E-state index < -0.39 is 0 Å². The zero-order valence-corrected chi connectivity index (χ0v) is 14.2. The molecule has 0 aromatic carbocycles. The number of nitrogens with one attached hydrogen (secondary N) is 1. The Labute approximate surface area is 128 Å². The summed E-state index contributed by atoms with van der Waals surface area (Å²) in [5.74, 6) is 2.06. The Hall–Kier alpha value is -0.840. The predicted molar refractivity (Wildman–Crippen MR) is 85.3 cm³/mol. The standard InChI is InChI=1S/C17H30N2O2/c1-13-11-19(7-6-8-20-13)12-15-9-16(21-14(15)2)10-18-17(3,4)5/h9,13,18H,6-8,10-12H2,1-5H3. The summed E-state index contributed by atoms with van der Waals surface area (Å²) in [6.07, 6.45) is 1.43. The van der Waals surface area contributed by atoms with Crippen LogP contribution in [0.25, 0.3) is 0 Å². The molecular weight excluding hydrogens is 264 g/mol. The Morgan fingerprint density at radius 3 is 2.86 bits per heavy atom. The fourth-order valence-corrected chi connectivity index (χ4v) is 2.65. The van der Waals surface area contributed by atoms with E-state index in [2.05, 4.69) is 50.9 Å². The molecule has 1 saturated heterocycles. The lowest BCUT2D eigenvalue weighted by molar-refractivity contribution is 0.0667. The minimum Gasteiger partial charge on any atom is -0.465 e. The lowest BCUT2D eigenvalue weighted by Crippen LogP contribution is -2.34. The summed E-state index contributed by atoms with van der Waals surface area (Å²) in [5.41, 5.74) is 1.41. The minimum absolute atomic E-state index is 0.110. The highest BCUT2D eigenvalue weighted by atomic mass is 16.5. The van der Waals surface area contributed by atoms with Crippen LogP contribution in [0.15, 0.2) is 10.5 Å². The van der Waals surface area contributed by atoms with Gasteiger partial charge in [0.25, 0.3) is 0 Å². The van der Waals surface area contributed by atoms with Crippen LogP contribution in [0.5, 0.6) is 0 Å². The Balaban J connectivity index is 1.95.